The van der Waals surface area contributed by atoms with Gasteiger partial charge in [0.05, 0.1) is 7.11 Å². The van der Waals surface area contributed by atoms with E-state index in [4.69, 9.17) is 4.74 Å². The molecule has 3 heteroatoms. The lowest BCUT2D eigenvalue weighted by atomic mass is 9.84. The molecule has 0 aliphatic carbocycles. The molecule has 108 valence electrons. The zero-order valence-corrected chi connectivity index (χ0v) is 12.2. The minimum Gasteiger partial charge on any atom is -0.508 e. The summed E-state index contributed by atoms with van der Waals surface area (Å²) in [6.45, 7) is 1.89. The second-order valence-corrected chi connectivity index (χ2v) is 5.92. The number of phenols is 1. The Morgan fingerprint density at radius 3 is 2.95 bits per heavy atom. The van der Waals surface area contributed by atoms with Crippen LogP contribution in [0.15, 0.2) is 36.4 Å². The Bertz CT molecular complexity index is 696. The molecule has 3 nitrogen and oxygen atoms in total. The Morgan fingerprint density at radius 2 is 2.10 bits per heavy atom. The normalized spacial score (nSPS) is 20.3. The molecule has 0 spiro atoms. The summed E-state index contributed by atoms with van der Waals surface area (Å²) in [5.41, 5.74) is 5.20. The number of rotatable bonds is 1. The van der Waals surface area contributed by atoms with Gasteiger partial charge in [0.2, 0.25) is 0 Å². The largest absolute Gasteiger partial charge is 0.508 e. The molecule has 0 unspecified atom stereocenters. The topological polar surface area (TPSA) is 32.7 Å². The molecule has 4 rings (SSSR count). The van der Waals surface area contributed by atoms with Crippen LogP contribution in [0.1, 0.15) is 28.3 Å². The van der Waals surface area contributed by atoms with Gasteiger partial charge in [-0.05, 0) is 47.7 Å². The number of nitrogens with zero attached hydrogens (tertiary/aromatic N) is 1. The fraction of sp³-hybridized carbons (Fsp3) is 0.333. The van der Waals surface area contributed by atoms with Crippen molar-refractivity contribution in [3.63, 3.8) is 0 Å². The Kier molecular flexibility index (Phi) is 2.89. The summed E-state index contributed by atoms with van der Waals surface area (Å²) < 4.78 is 5.34. The summed E-state index contributed by atoms with van der Waals surface area (Å²) in [7, 11) is 1.72. The van der Waals surface area contributed by atoms with Gasteiger partial charge in [0.1, 0.15) is 11.5 Å². The second-order valence-electron chi connectivity index (χ2n) is 5.92. The third kappa shape index (κ3) is 2.00. The van der Waals surface area contributed by atoms with Crippen LogP contribution in [0.3, 0.4) is 0 Å². The van der Waals surface area contributed by atoms with E-state index in [0.717, 1.165) is 37.2 Å². The lowest BCUT2D eigenvalue weighted by molar-refractivity contribution is 0.158. The van der Waals surface area contributed by atoms with Crippen LogP contribution < -0.4 is 4.74 Å². The summed E-state index contributed by atoms with van der Waals surface area (Å²) >= 11 is 0. The molecule has 1 atom stereocenters. The van der Waals surface area contributed by atoms with E-state index in [-0.39, 0.29) is 0 Å². The standard InChI is InChI=1S/C18H19NO2/c1-21-14-5-6-15-13(9-14)7-8-19-11-16-12(10-17(15)19)3-2-4-18(16)20/h2-6,9,17,20H,7-8,10-11H2,1H3/t17-/m0/s1. The van der Waals surface area contributed by atoms with E-state index < -0.39 is 0 Å². The summed E-state index contributed by atoms with van der Waals surface area (Å²) in [5.74, 6) is 1.38. The van der Waals surface area contributed by atoms with Crippen molar-refractivity contribution in [1.29, 1.82) is 0 Å². The number of aromatic hydroxyl groups is 1. The molecule has 0 amide bonds. The number of fused-ring (bicyclic) bond motifs is 4. The van der Waals surface area contributed by atoms with E-state index in [0.29, 0.717) is 11.8 Å². The van der Waals surface area contributed by atoms with Gasteiger partial charge in [-0.3, -0.25) is 4.90 Å². The second kappa shape index (κ2) is 4.78. The maximum absolute atomic E-state index is 10.1. The first-order valence-corrected chi connectivity index (χ1v) is 7.47. The molecule has 0 fully saturated rings. The molecule has 0 saturated carbocycles. The summed E-state index contributed by atoms with van der Waals surface area (Å²) in [4.78, 5) is 2.48. The van der Waals surface area contributed by atoms with E-state index in [1.807, 2.05) is 6.07 Å². The Balaban J connectivity index is 1.75. The first kappa shape index (κ1) is 12.7. The highest BCUT2D eigenvalue weighted by Crippen LogP contribution is 2.40. The average Bonchev–Trinajstić information content (AvgIpc) is 2.53. The molecule has 2 aliphatic rings. The Hall–Kier alpha value is -2.00. The lowest BCUT2D eigenvalue weighted by Gasteiger charge is -2.41. The molecule has 0 radical (unpaired) electrons. The number of ether oxygens (including phenoxy) is 1. The van der Waals surface area contributed by atoms with Crippen LogP contribution in [-0.4, -0.2) is 23.7 Å². The molecule has 2 aromatic rings. The van der Waals surface area contributed by atoms with Crippen LogP contribution in [0.5, 0.6) is 11.5 Å². The van der Waals surface area contributed by atoms with E-state index in [2.05, 4.69) is 29.2 Å². The molecule has 1 N–H and O–H groups in total. The maximum Gasteiger partial charge on any atom is 0.120 e. The van der Waals surface area contributed by atoms with E-state index in [1.54, 1.807) is 13.2 Å². The van der Waals surface area contributed by atoms with E-state index in [9.17, 15) is 5.11 Å². The number of hydrogen-bond acceptors (Lipinski definition) is 3. The number of methoxy groups -OCH3 is 1. The monoisotopic (exact) mass is 281 g/mol. The highest BCUT2D eigenvalue weighted by atomic mass is 16.5. The highest BCUT2D eigenvalue weighted by Gasteiger charge is 2.32. The number of hydrogen-bond donors (Lipinski definition) is 1. The van der Waals surface area contributed by atoms with Gasteiger partial charge in [-0.25, -0.2) is 0 Å². The zero-order valence-electron chi connectivity index (χ0n) is 12.2. The maximum atomic E-state index is 10.1. The van der Waals surface area contributed by atoms with Gasteiger partial charge in [-0.1, -0.05) is 18.2 Å². The third-order valence-corrected chi connectivity index (χ3v) is 4.84. The van der Waals surface area contributed by atoms with Crippen molar-refractivity contribution in [2.24, 2.45) is 0 Å². The van der Waals surface area contributed by atoms with Crippen LogP contribution in [0.2, 0.25) is 0 Å². The van der Waals surface area contributed by atoms with Crippen molar-refractivity contribution in [2.45, 2.75) is 25.4 Å². The van der Waals surface area contributed by atoms with Crippen LogP contribution in [0, 0.1) is 0 Å². The molecule has 21 heavy (non-hydrogen) atoms. The molecule has 2 aliphatic heterocycles. The van der Waals surface area contributed by atoms with Gasteiger partial charge < -0.3 is 9.84 Å². The minimum atomic E-state index is 0.425. The minimum absolute atomic E-state index is 0.425. The van der Waals surface area contributed by atoms with Crippen molar-refractivity contribution in [3.8, 4) is 11.5 Å². The fourth-order valence-electron chi connectivity index (χ4n) is 3.70. The predicted octanol–water partition coefficient (Wildman–Crippen LogP) is 3.06. The average molecular weight is 281 g/mol. The quantitative estimate of drug-likeness (QED) is 0.872. The van der Waals surface area contributed by atoms with Crippen molar-refractivity contribution in [3.05, 3.63) is 58.7 Å². The van der Waals surface area contributed by atoms with Crippen LogP contribution in [-0.2, 0) is 19.4 Å². The third-order valence-electron chi connectivity index (χ3n) is 4.84. The van der Waals surface area contributed by atoms with Gasteiger partial charge >= 0.3 is 0 Å². The van der Waals surface area contributed by atoms with E-state index in [1.165, 1.54) is 16.7 Å². The van der Waals surface area contributed by atoms with Gasteiger partial charge in [0.15, 0.2) is 0 Å². The predicted molar refractivity (Wildman–Crippen MR) is 81.7 cm³/mol. The molecule has 2 aromatic carbocycles. The fourth-order valence-corrected chi connectivity index (χ4v) is 3.70. The van der Waals surface area contributed by atoms with Gasteiger partial charge in [0.25, 0.3) is 0 Å². The summed E-state index contributed by atoms with van der Waals surface area (Å²) in [6.07, 6.45) is 2.02. The molecular formula is C18H19NO2. The van der Waals surface area contributed by atoms with Crippen LogP contribution >= 0.6 is 0 Å². The van der Waals surface area contributed by atoms with Crippen molar-refractivity contribution >= 4 is 0 Å². The molecular weight excluding hydrogens is 262 g/mol. The van der Waals surface area contributed by atoms with E-state index >= 15 is 0 Å². The Labute approximate surface area is 124 Å². The zero-order chi connectivity index (χ0) is 14.4. The van der Waals surface area contributed by atoms with Crippen LogP contribution in [0.4, 0.5) is 0 Å². The molecule has 0 bridgehead atoms. The molecule has 0 aromatic heterocycles. The van der Waals surface area contributed by atoms with Gasteiger partial charge in [-0.15, -0.1) is 0 Å². The molecule has 2 heterocycles. The first-order chi connectivity index (χ1) is 10.3. The first-order valence-electron chi connectivity index (χ1n) is 7.47. The number of phenolic OH excluding ortho intramolecular Hbond substituents is 1. The lowest BCUT2D eigenvalue weighted by Crippen LogP contribution is -2.39. The molecule has 0 saturated heterocycles. The Morgan fingerprint density at radius 1 is 1.19 bits per heavy atom. The SMILES string of the molecule is COc1ccc2c(c1)CCN1Cc3c(O)cccc3C[C@@H]21. The van der Waals surface area contributed by atoms with Crippen molar-refractivity contribution in [1.82, 2.24) is 4.90 Å². The van der Waals surface area contributed by atoms with Gasteiger partial charge in [-0.2, -0.15) is 0 Å². The summed E-state index contributed by atoms with van der Waals surface area (Å²) in [6, 6.07) is 12.7. The van der Waals surface area contributed by atoms with Crippen LogP contribution in [0.25, 0.3) is 0 Å². The summed E-state index contributed by atoms with van der Waals surface area (Å²) in [5, 5.41) is 10.1. The van der Waals surface area contributed by atoms with Crippen molar-refractivity contribution in [2.75, 3.05) is 13.7 Å². The highest BCUT2D eigenvalue weighted by molar-refractivity contribution is 5.45. The number of benzene rings is 2. The van der Waals surface area contributed by atoms with Gasteiger partial charge in [0, 0.05) is 24.7 Å². The smallest absolute Gasteiger partial charge is 0.120 e. The van der Waals surface area contributed by atoms with Crippen molar-refractivity contribution < 1.29 is 9.84 Å².